The van der Waals surface area contributed by atoms with E-state index in [2.05, 4.69) is 25.6 Å². The molecule has 0 bridgehead atoms. The van der Waals surface area contributed by atoms with E-state index in [1.54, 1.807) is 24.2 Å². The number of hydrogen-bond acceptors (Lipinski definition) is 8. The molecule has 0 radical (unpaired) electrons. The van der Waals surface area contributed by atoms with Crippen molar-refractivity contribution >= 4 is 45.2 Å². The first-order valence-electron chi connectivity index (χ1n) is 11.9. The van der Waals surface area contributed by atoms with Gasteiger partial charge in [-0.15, -0.1) is 5.10 Å². The number of nitrogens with one attached hydrogen (secondary N) is 1. The van der Waals surface area contributed by atoms with Crippen LogP contribution in [-0.4, -0.2) is 49.2 Å². The van der Waals surface area contributed by atoms with Gasteiger partial charge < -0.3 is 20.9 Å². The van der Waals surface area contributed by atoms with E-state index in [1.165, 1.54) is 0 Å². The topological polar surface area (TPSA) is 141 Å². The number of aromatic nitrogens is 5. The molecule has 0 spiro atoms. The van der Waals surface area contributed by atoms with Crippen molar-refractivity contribution in [2.75, 3.05) is 12.4 Å². The molecule has 36 heavy (non-hydrogen) atoms. The molecule has 188 valence electrons. The van der Waals surface area contributed by atoms with Crippen molar-refractivity contribution in [3.05, 3.63) is 46.9 Å². The minimum atomic E-state index is -1.17. The van der Waals surface area contributed by atoms with E-state index >= 15 is 0 Å². The second-order valence-electron chi connectivity index (χ2n) is 9.19. The van der Waals surface area contributed by atoms with Crippen LogP contribution in [0.15, 0.2) is 30.6 Å². The molecule has 0 unspecified atom stereocenters. The van der Waals surface area contributed by atoms with E-state index in [-0.39, 0.29) is 6.04 Å². The van der Waals surface area contributed by atoms with E-state index in [0.717, 1.165) is 16.3 Å². The third kappa shape index (κ3) is 4.00. The molecule has 1 aliphatic carbocycles. The Labute approximate surface area is 212 Å². The Kier molecular flexibility index (Phi) is 6.40. The second kappa shape index (κ2) is 9.51. The number of nitrogens with two attached hydrogens (primary N) is 1. The van der Waals surface area contributed by atoms with Crippen LogP contribution in [0.4, 0.5) is 5.82 Å². The molecule has 5 rings (SSSR count). The highest BCUT2D eigenvalue weighted by atomic mass is 35.5. The normalized spacial score (nSPS) is 20.1. The number of anilines is 1. The van der Waals surface area contributed by atoms with Gasteiger partial charge in [0.15, 0.2) is 11.5 Å². The SMILES string of the molecule is CCn1ncc2c3c(NCc4ccc(OC)c(Cl)c4)nnc(C4(C(=O)O)CCC(N)CC4)c3cnc21. The van der Waals surface area contributed by atoms with Gasteiger partial charge in [0.2, 0.25) is 0 Å². The first-order valence-corrected chi connectivity index (χ1v) is 12.3. The van der Waals surface area contributed by atoms with Crippen molar-refractivity contribution in [1.82, 2.24) is 25.0 Å². The smallest absolute Gasteiger partial charge is 0.315 e. The second-order valence-corrected chi connectivity index (χ2v) is 9.60. The van der Waals surface area contributed by atoms with E-state index in [1.807, 2.05) is 25.1 Å². The van der Waals surface area contributed by atoms with Crippen molar-refractivity contribution in [1.29, 1.82) is 0 Å². The fraction of sp³-hybridized carbons (Fsp3) is 0.400. The Bertz CT molecular complexity index is 1450. The van der Waals surface area contributed by atoms with Gasteiger partial charge in [-0.2, -0.15) is 10.2 Å². The van der Waals surface area contributed by atoms with Gasteiger partial charge in [-0.25, -0.2) is 9.67 Å². The Morgan fingerprint density at radius 2 is 2.06 bits per heavy atom. The van der Waals surface area contributed by atoms with E-state index in [9.17, 15) is 9.90 Å². The monoisotopic (exact) mass is 509 g/mol. The number of carboxylic acid groups (broad SMARTS) is 1. The lowest BCUT2D eigenvalue weighted by Gasteiger charge is -2.35. The maximum absolute atomic E-state index is 12.6. The zero-order valence-corrected chi connectivity index (χ0v) is 20.9. The highest BCUT2D eigenvalue weighted by molar-refractivity contribution is 6.32. The molecule has 1 saturated carbocycles. The van der Waals surface area contributed by atoms with Gasteiger partial charge in [0.25, 0.3) is 0 Å². The number of benzene rings is 1. The molecule has 4 aromatic rings. The lowest BCUT2D eigenvalue weighted by Crippen LogP contribution is -2.43. The van der Waals surface area contributed by atoms with Crippen LogP contribution in [0.1, 0.15) is 43.9 Å². The van der Waals surface area contributed by atoms with Crippen LogP contribution in [0, 0.1) is 0 Å². The molecule has 1 fully saturated rings. The van der Waals surface area contributed by atoms with Crippen LogP contribution in [0.3, 0.4) is 0 Å². The quantitative estimate of drug-likeness (QED) is 0.338. The number of methoxy groups -OCH3 is 1. The lowest BCUT2D eigenvalue weighted by atomic mass is 9.69. The molecule has 4 N–H and O–H groups in total. The Hall–Kier alpha value is -3.50. The van der Waals surface area contributed by atoms with Gasteiger partial charge in [-0.05, 0) is 50.3 Å². The Morgan fingerprint density at radius 3 is 2.72 bits per heavy atom. The third-order valence-corrected chi connectivity index (χ3v) is 7.43. The number of hydrogen-bond donors (Lipinski definition) is 3. The van der Waals surface area contributed by atoms with Crippen LogP contribution in [0.5, 0.6) is 5.75 Å². The number of pyridine rings is 1. The standard InChI is InChI=1S/C25H28ClN7O3/c1-3-33-23-17(13-30-33)20-16(12-29-23)21(25(24(34)35)8-6-15(27)7-9-25)31-32-22(20)28-11-14-4-5-19(36-2)18(26)10-14/h4-5,10,12-13,15H,3,6-9,11,27H2,1-2H3,(H,28,32)(H,34,35). The molecular weight excluding hydrogens is 482 g/mol. The number of fused-ring (bicyclic) bond motifs is 3. The Morgan fingerprint density at radius 1 is 1.28 bits per heavy atom. The van der Waals surface area contributed by atoms with Gasteiger partial charge in [-0.1, -0.05) is 17.7 Å². The molecule has 3 heterocycles. The zero-order valence-electron chi connectivity index (χ0n) is 20.2. The van der Waals surface area contributed by atoms with Gasteiger partial charge >= 0.3 is 5.97 Å². The summed E-state index contributed by atoms with van der Waals surface area (Å²) < 4.78 is 7.04. The first kappa shape index (κ1) is 24.2. The summed E-state index contributed by atoms with van der Waals surface area (Å²) in [7, 11) is 1.57. The largest absolute Gasteiger partial charge is 0.495 e. The fourth-order valence-corrected chi connectivity index (χ4v) is 5.34. The van der Waals surface area contributed by atoms with Crippen LogP contribution >= 0.6 is 11.6 Å². The first-order chi connectivity index (χ1) is 17.4. The number of ether oxygens (including phenoxy) is 1. The minimum Gasteiger partial charge on any atom is -0.495 e. The number of rotatable bonds is 7. The number of carbonyl (C=O) groups is 1. The number of nitrogens with zero attached hydrogens (tertiary/aromatic N) is 5. The van der Waals surface area contributed by atoms with Crippen LogP contribution in [0.25, 0.3) is 21.8 Å². The summed E-state index contributed by atoms with van der Waals surface area (Å²) in [6.45, 7) is 3.07. The average Bonchev–Trinajstić information content (AvgIpc) is 3.31. The van der Waals surface area contributed by atoms with Crippen molar-refractivity contribution in [3.63, 3.8) is 0 Å². The van der Waals surface area contributed by atoms with Crippen molar-refractivity contribution in [3.8, 4) is 5.75 Å². The number of aryl methyl sites for hydroxylation is 1. The highest BCUT2D eigenvalue weighted by Gasteiger charge is 2.46. The lowest BCUT2D eigenvalue weighted by molar-refractivity contribution is -0.145. The van der Waals surface area contributed by atoms with Crippen LogP contribution in [-0.2, 0) is 23.3 Å². The van der Waals surface area contributed by atoms with Gasteiger partial charge in [0.1, 0.15) is 11.2 Å². The van der Waals surface area contributed by atoms with Crippen molar-refractivity contribution in [2.24, 2.45) is 5.73 Å². The molecule has 11 heteroatoms. The summed E-state index contributed by atoms with van der Waals surface area (Å²) in [6.07, 6.45) is 5.46. The molecule has 1 aromatic carbocycles. The summed E-state index contributed by atoms with van der Waals surface area (Å²) in [6, 6.07) is 5.54. The molecule has 0 amide bonds. The summed E-state index contributed by atoms with van der Waals surface area (Å²) in [5.41, 5.74) is 7.00. The molecule has 0 aliphatic heterocycles. The molecule has 3 aromatic heterocycles. The van der Waals surface area contributed by atoms with Gasteiger partial charge in [0.05, 0.1) is 29.4 Å². The average molecular weight is 510 g/mol. The van der Waals surface area contributed by atoms with Crippen LogP contribution in [0.2, 0.25) is 5.02 Å². The Balaban J connectivity index is 1.65. The summed E-state index contributed by atoms with van der Waals surface area (Å²) in [5, 5.41) is 29.9. The third-order valence-electron chi connectivity index (χ3n) is 7.13. The number of halogens is 1. The summed E-state index contributed by atoms with van der Waals surface area (Å²) in [5.74, 6) is 0.209. The predicted molar refractivity (Wildman–Crippen MR) is 137 cm³/mol. The zero-order chi connectivity index (χ0) is 25.4. The van der Waals surface area contributed by atoms with Crippen molar-refractivity contribution < 1.29 is 14.6 Å². The number of aliphatic carboxylic acids is 1. The van der Waals surface area contributed by atoms with Gasteiger partial charge in [0, 0.05) is 36.1 Å². The maximum atomic E-state index is 12.6. The maximum Gasteiger partial charge on any atom is 0.315 e. The molecule has 0 saturated heterocycles. The molecule has 10 nitrogen and oxygen atoms in total. The fourth-order valence-electron chi connectivity index (χ4n) is 5.06. The van der Waals surface area contributed by atoms with E-state index in [4.69, 9.17) is 22.1 Å². The van der Waals surface area contributed by atoms with Gasteiger partial charge in [-0.3, -0.25) is 4.79 Å². The molecular formula is C25H28ClN7O3. The summed E-state index contributed by atoms with van der Waals surface area (Å²) >= 11 is 6.30. The highest BCUT2D eigenvalue weighted by Crippen LogP contribution is 2.43. The molecule has 1 aliphatic rings. The predicted octanol–water partition coefficient (Wildman–Crippen LogP) is 3.89. The molecule has 0 atom stereocenters. The minimum absolute atomic E-state index is 0.0124. The van der Waals surface area contributed by atoms with Crippen molar-refractivity contribution in [2.45, 2.75) is 57.2 Å². The van der Waals surface area contributed by atoms with E-state index < -0.39 is 11.4 Å². The summed E-state index contributed by atoms with van der Waals surface area (Å²) in [4.78, 5) is 17.3. The van der Waals surface area contributed by atoms with Crippen LogP contribution < -0.4 is 15.8 Å². The van der Waals surface area contributed by atoms with E-state index in [0.29, 0.717) is 72.1 Å². The number of carboxylic acids is 1.